The second kappa shape index (κ2) is 19.0. The van der Waals surface area contributed by atoms with Crippen molar-refractivity contribution in [3.05, 3.63) is 71.8 Å². The highest BCUT2D eigenvalue weighted by molar-refractivity contribution is 7.92. The molecule has 0 saturated carbocycles. The maximum atomic E-state index is 11.1. The SMILES string of the molecule is CS(=O)(=O)Nc1ccc(/C=C/CCN2CCCCCC2)cc1.CS(=O)(=O)Nc1ccc(C=CCCN2CCCCCC2)cc1. The van der Waals surface area contributed by atoms with E-state index in [1.165, 1.54) is 77.5 Å². The molecule has 0 aromatic heterocycles. The third-order valence-corrected chi connectivity index (χ3v) is 8.88. The minimum Gasteiger partial charge on any atom is -0.303 e. The van der Waals surface area contributed by atoms with Gasteiger partial charge in [0.1, 0.15) is 0 Å². The van der Waals surface area contributed by atoms with E-state index in [4.69, 9.17) is 0 Å². The second-order valence-corrected chi connectivity index (χ2v) is 15.4. The number of sulfonamides is 2. The molecule has 2 saturated heterocycles. The van der Waals surface area contributed by atoms with Crippen LogP contribution in [-0.2, 0) is 20.0 Å². The van der Waals surface area contributed by atoms with Gasteiger partial charge in [0.25, 0.3) is 0 Å². The van der Waals surface area contributed by atoms with Crippen molar-refractivity contribution in [2.45, 2.75) is 64.2 Å². The molecular formula is C34H52N4O4S2. The quantitative estimate of drug-likeness (QED) is 0.268. The molecule has 0 atom stereocenters. The lowest BCUT2D eigenvalue weighted by molar-refractivity contribution is 0.291. The maximum absolute atomic E-state index is 11.1. The molecule has 10 heteroatoms. The number of hydrogen-bond acceptors (Lipinski definition) is 6. The van der Waals surface area contributed by atoms with E-state index in [0.717, 1.165) is 49.6 Å². The number of benzene rings is 2. The number of nitrogens with zero attached hydrogens (tertiary/aromatic N) is 2. The summed E-state index contributed by atoms with van der Waals surface area (Å²) in [5.41, 5.74) is 3.39. The summed E-state index contributed by atoms with van der Waals surface area (Å²) in [4.78, 5) is 5.10. The Labute approximate surface area is 266 Å². The Bertz CT molecular complexity index is 1250. The van der Waals surface area contributed by atoms with Crippen molar-refractivity contribution >= 4 is 43.6 Å². The van der Waals surface area contributed by atoms with Gasteiger partial charge in [0.2, 0.25) is 20.0 Å². The van der Waals surface area contributed by atoms with Crippen molar-refractivity contribution < 1.29 is 16.8 Å². The lowest BCUT2D eigenvalue weighted by atomic mass is 10.2. The van der Waals surface area contributed by atoms with Crippen LogP contribution in [0.1, 0.15) is 75.3 Å². The van der Waals surface area contributed by atoms with Crippen LogP contribution in [0.2, 0.25) is 0 Å². The fraction of sp³-hybridized carbons (Fsp3) is 0.529. The Balaban J connectivity index is 0.000000240. The first-order chi connectivity index (χ1) is 21.1. The van der Waals surface area contributed by atoms with E-state index in [1.807, 2.05) is 24.3 Å². The molecule has 244 valence electrons. The topological polar surface area (TPSA) is 98.8 Å². The maximum Gasteiger partial charge on any atom is 0.229 e. The molecular weight excluding hydrogens is 593 g/mol. The second-order valence-electron chi connectivity index (χ2n) is 11.9. The molecule has 2 heterocycles. The lowest BCUT2D eigenvalue weighted by Gasteiger charge is -2.18. The lowest BCUT2D eigenvalue weighted by Crippen LogP contribution is -2.25. The third-order valence-electron chi connectivity index (χ3n) is 7.67. The van der Waals surface area contributed by atoms with Gasteiger partial charge in [-0.25, -0.2) is 16.8 Å². The molecule has 0 amide bonds. The molecule has 2 N–H and O–H groups in total. The van der Waals surface area contributed by atoms with Gasteiger partial charge in [-0.1, -0.05) is 74.3 Å². The summed E-state index contributed by atoms with van der Waals surface area (Å²) >= 11 is 0. The standard InChI is InChI=1S/2C17H26N2O2S/c2*1-22(20,21)18-17-11-9-16(10-12-17)8-4-7-15-19-13-5-2-3-6-14-19/h2*4,8-12,18H,2-3,5-7,13-15H2,1H3/b8-4+;. The van der Waals surface area contributed by atoms with Crippen molar-refractivity contribution in [1.82, 2.24) is 9.80 Å². The molecule has 0 aliphatic carbocycles. The average molecular weight is 645 g/mol. The fourth-order valence-corrected chi connectivity index (χ4v) is 6.55. The van der Waals surface area contributed by atoms with Crippen LogP contribution in [0, 0.1) is 0 Å². The summed E-state index contributed by atoms with van der Waals surface area (Å²) in [7, 11) is -6.40. The van der Waals surface area contributed by atoms with Gasteiger partial charge < -0.3 is 9.80 Å². The number of rotatable bonds is 12. The molecule has 2 fully saturated rings. The molecule has 2 aromatic carbocycles. The highest BCUT2D eigenvalue weighted by Crippen LogP contribution is 2.15. The Kier molecular flexibility index (Phi) is 15.5. The molecule has 0 radical (unpaired) electrons. The zero-order chi connectivity index (χ0) is 31.7. The van der Waals surface area contributed by atoms with E-state index in [9.17, 15) is 16.8 Å². The van der Waals surface area contributed by atoms with Crippen LogP contribution < -0.4 is 9.44 Å². The van der Waals surface area contributed by atoms with Crippen molar-refractivity contribution in [3.8, 4) is 0 Å². The van der Waals surface area contributed by atoms with E-state index in [0.29, 0.717) is 11.4 Å². The van der Waals surface area contributed by atoms with Gasteiger partial charge in [0, 0.05) is 24.5 Å². The van der Waals surface area contributed by atoms with Gasteiger partial charge in [0.15, 0.2) is 0 Å². The smallest absolute Gasteiger partial charge is 0.229 e. The summed E-state index contributed by atoms with van der Waals surface area (Å²) in [5.74, 6) is 0. The van der Waals surface area contributed by atoms with Crippen LogP contribution in [0.3, 0.4) is 0 Å². The van der Waals surface area contributed by atoms with Crippen LogP contribution in [-0.4, -0.2) is 78.4 Å². The van der Waals surface area contributed by atoms with E-state index in [-0.39, 0.29) is 0 Å². The summed E-state index contributed by atoms with van der Waals surface area (Å²) < 4.78 is 49.5. The fourth-order valence-electron chi connectivity index (χ4n) is 5.43. The van der Waals surface area contributed by atoms with Gasteiger partial charge >= 0.3 is 0 Å². The van der Waals surface area contributed by atoms with Gasteiger partial charge in [-0.05, 0) is 100 Å². The number of hydrogen-bond donors (Lipinski definition) is 2. The van der Waals surface area contributed by atoms with Gasteiger partial charge in [-0.3, -0.25) is 9.44 Å². The molecule has 2 aliphatic rings. The summed E-state index contributed by atoms with van der Waals surface area (Å²) in [5, 5.41) is 0. The predicted molar refractivity (Wildman–Crippen MR) is 187 cm³/mol. The largest absolute Gasteiger partial charge is 0.303 e. The summed E-state index contributed by atoms with van der Waals surface area (Å²) in [6.45, 7) is 7.20. The molecule has 8 nitrogen and oxygen atoms in total. The Morgan fingerprint density at radius 2 is 0.864 bits per heavy atom. The van der Waals surface area contributed by atoms with E-state index < -0.39 is 20.0 Å². The van der Waals surface area contributed by atoms with Crippen LogP contribution >= 0.6 is 0 Å². The molecule has 4 rings (SSSR count). The van der Waals surface area contributed by atoms with Gasteiger partial charge in [-0.2, -0.15) is 0 Å². The van der Waals surface area contributed by atoms with Crippen molar-refractivity contribution in [2.24, 2.45) is 0 Å². The highest BCUT2D eigenvalue weighted by Gasteiger charge is 2.08. The van der Waals surface area contributed by atoms with Crippen LogP contribution in [0.4, 0.5) is 11.4 Å². The van der Waals surface area contributed by atoms with Crippen LogP contribution in [0.15, 0.2) is 60.7 Å². The molecule has 2 aromatic rings. The third kappa shape index (κ3) is 16.4. The first-order valence-electron chi connectivity index (χ1n) is 16.0. The minimum atomic E-state index is -3.20. The van der Waals surface area contributed by atoms with Crippen molar-refractivity contribution in [2.75, 3.05) is 61.2 Å². The van der Waals surface area contributed by atoms with E-state index in [1.54, 1.807) is 24.3 Å². The first kappa shape index (κ1) is 35.8. The molecule has 44 heavy (non-hydrogen) atoms. The van der Waals surface area contributed by atoms with E-state index in [2.05, 4.69) is 43.5 Å². The Morgan fingerprint density at radius 3 is 1.16 bits per heavy atom. The minimum absolute atomic E-state index is 0.601. The zero-order valence-corrected chi connectivity index (χ0v) is 28.2. The van der Waals surface area contributed by atoms with Crippen LogP contribution in [0.25, 0.3) is 12.2 Å². The number of nitrogens with one attached hydrogen (secondary N) is 2. The number of likely N-dealkylation sites (tertiary alicyclic amines) is 2. The van der Waals surface area contributed by atoms with Crippen molar-refractivity contribution in [1.29, 1.82) is 0 Å². The average Bonchev–Trinajstić information content (AvgIpc) is 3.39. The normalized spacial score (nSPS) is 17.5. The van der Waals surface area contributed by atoms with Gasteiger partial charge in [0.05, 0.1) is 12.5 Å². The zero-order valence-electron chi connectivity index (χ0n) is 26.6. The monoisotopic (exact) mass is 644 g/mol. The van der Waals surface area contributed by atoms with Crippen molar-refractivity contribution in [3.63, 3.8) is 0 Å². The van der Waals surface area contributed by atoms with Crippen LogP contribution in [0.5, 0.6) is 0 Å². The number of anilines is 2. The predicted octanol–water partition coefficient (Wildman–Crippen LogP) is 6.67. The summed E-state index contributed by atoms with van der Waals surface area (Å²) in [6, 6.07) is 14.9. The molecule has 0 unspecified atom stereocenters. The Morgan fingerprint density at radius 1 is 0.545 bits per heavy atom. The molecule has 0 bridgehead atoms. The molecule has 2 aliphatic heterocycles. The van der Waals surface area contributed by atoms with Gasteiger partial charge in [-0.15, -0.1) is 0 Å². The Hall–Kier alpha value is -2.66. The molecule has 0 spiro atoms. The van der Waals surface area contributed by atoms with E-state index >= 15 is 0 Å². The summed E-state index contributed by atoms with van der Waals surface area (Å²) in [6.07, 6.45) is 23.9. The highest BCUT2D eigenvalue weighted by atomic mass is 32.2. The first-order valence-corrected chi connectivity index (χ1v) is 19.8.